The van der Waals surface area contributed by atoms with Crippen LogP contribution in [-0.4, -0.2) is 24.2 Å². The lowest BCUT2D eigenvalue weighted by Crippen LogP contribution is -2.34. The van der Waals surface area contributed by atoms with Gasteiger partial charge in [-0.05, 0) is 20.3 Å². The average molecular weight is 171 g/mol. The molecule has 1 atom stereocenters. The second-order valence-corrected chi connectivity index (χ2v) is 2.55. The first kappa shape index (κ1) is 10.8. The van der Waals surface area contributed by atoms with Crippen LogP contribution in [0.1, 0.15) is 27.2 Å². The maximum atomic E-state index is 11.2. The number of ether oxygens (including phenoxy) is 1. The molecular weight excluding hydrogens is 158 g/mol. The first-order chi connectivity index (χ1) is 5.60. The highest BCUT2D eigenvalue weighted by atomic mass is 16.5. The van der Waals surface area contributed by atoms with E-state index in [4.69, 9.17) is 4.74 Å². The molecule has 0 spiro atoms. The second kappa shape index (κ2) is 4.67. The third-order valence-electron chi connectivity index (χ3n) is 1.70. The van der Waals surface area contributed by atoms with Gasteiger partial charge in [0, 0.05) is 0 Å². The van der Waals surface area contributed by atoms with Gasteiger partial charge in [0.15, 0.2) is 5.54 Å². The number of isocyanates is 1. The van der Waals surface area contributed by atoms with Gasteiger partial charge in [-0.25, -0.2) is 9.59 Å². The number of nitrogens with zero attached hydrogens (tertiary/aromatic N) is 1. The van der Waals surface area contributed by atoms with E-state index in [-0.39, 0.29) is 0 Å². The van der Waals surface area contributed by atoms with Crippen LogP contribution >= 0.6 is 0 Å². The molecule has 0 saturated carbocycles. The van der Waals surface area contributed by atoms with Crippen molar-refractivity contribution in [3.8, 4) is 0 Å². The molecule has 0 aromatic carbocycles. The van der Waals surface area contributed by atoms with E-state index < -0.39 is 11.5 Å². The van der Waals surface area contributed by atoms with Crippen LogP contribution < -0.4 is 0 Å². The number of carbonyl (C=O) groups is 1. The fourth-order valence-electron chi connectivity index (χ4n) is 0.656. The summed E-state index contributed by atoms with van der Waals surface area (Å²) in [6.07, 6.45) is 1.80. The molecule has 0 aliphatic rings. The fourth-order valence-corrected chi connectivity index (χ4v) is 0.656. The molecule has 0 rings (SSSR count). The van der Waals surface area contributed by atoms with Gasteiger partial charge < -0.3 is 4.74 Å². The summed E-state index contributed by atoms with van der Waals surface area (Å²) in [6, 6.07) is 0. The molecule has 0 radical (unpaired) electrons. The Labute approximate surface area is 71.6 Å². The lowest BCUT2D eigenvalue weighted by atomic mass is 10.0. The van der Waals surface area contributed by atoms with Crippen molar-refractivity contribution in [3.63, 3.8) is 0 Å². The van der Waals surface area contributed by atoms with Crippen LogP contribution in [0.3, 0.4) is 0 Å². The maximum Gasteiger partial charge on any atom is 0.334 e. The van der Waals surface area contributed by atoms with Gasteiger partial charge in [0.2, 0.25) is 6.08 Å². The zero-order valence-corrected chi connectivity index (χ0v) is 7.59. The Morgan fingerprint density at radius 2 is 2.17 bits per heavy atom. The zero-order chi connectivity index (χ0) is 9.61. The van der Waals surface area contributed by atoms with Crippen LogP contribution in [-0.2, 0) is 14.3 Å². The van der Waals surface area contributed by atoms with E-state index in [0.29, 0.717) is 13.0 Å². The Morgan fingerprint density at radius 3 is 2.50 bits per heavy atom. The second-order valence-electron chi connectivity index (χ2n) is 2.55. The summed E-state index contributed by atoms with van der Waals surface area (Å²) in [5.41, 5.74) is -1.06. The van der Waals surface area contributed by atoms with Gasteiger partial charge in [-0.3, -0.25) is 0 Å². The Bertz CT molecular complexity index is 208. The lowest BCUT2D eigenvalue weighted by Gasteiger charge is -2.18. The molecule has 0 aliphatic carbocycles. The fraction of sp³-hybridized carbons (Fsp3) is 0.750. The van der Waals surface area contributed by atoms with Crippen molar-refractivity contribution in [1.29, 1.82) is 0 Å². The van der Waals surface area contributed by atoms with Crippen molar-refractivity contribution in [3.05, 3.63) is 0 Å². The van der Waals surface area contributed by atoms with E-state index >= 15 is 0 Å². The maximum absolute atomic E-state index is 11.2. The molecule has 0 aromatic heterocycles. The number of hydrogen-bond donors (Lipinski definition) is 0. The van der Waals surface area contributed by atoms with Crippen LogP contribution in [0.4, 0.5) is 0 Å². The Balaban J connectivity index is 4.50. The highest BCUT2D eigenvalue weighted by Gasteiger charge is 2.32. The molecule has 0 aliphatic heterocycles. The van der Waals surface area contributed by atoms with E-state index in [1.807, 2.05) is 0 Å². The molecule has 0 N–H and O–H groups in total. The molecule has 0 heterocycles. The van der Waals surface area contributed by atoms with Crippen LogP contribution in [0.25, 0.3) is 0 Å². The van der Waals surface area contributed by atoms with Gasteiger partial charge in [0.25, 0.3) is 0 Å². The molecule has 68 valence electrons. The largest absolute Gasteiger partial charge is 0.464 e. The van der Waals surface area contributed by atoms with E-state index in [2.05, 4.69) is 4.99 Å². The summed E-state index contributed by atoms with van der Waals surface area (Å²) >= 11 is 0. The monoisotopic (exact) mass is 171 g/mol. The third-order valence-corrected chi connectivity index (χ3v) is 1.70. The number of carbonyl (C=O) groups excluding carboxylic acids is 2. The summed E-state index contributed by atoms with van der Waals surface area (Å²) in [6.45, 7) is 5.31. The molecule has 0 fully saturated rings. The Hall–Kier alpha value is -1.15. The number of rotatable bonds is 4. The van der Waals surface area contributed by atoms with Gasteiger partial charge in [-0.2, -0.15) is 4.99 Å². The molecule has 0 saturated heterocycles. The van der Waals surface area contributed by atoms with Crippen molar-refractivity contribution >= 4 is 12.0 Å². The highest BCUT2D eigenvalue weighted by molar-refractivity contribution is 5.81. The molecule has 0 amide bonds. The quantitative estimate of drug-likeness (QED) is 0.361. The van der Waals surface area contributed by atoms with E-state index in [1.54, 1.807) is 20.8 Å². The number of esters is 1. The Kier molecular flexibility index (Phi) is 4.22. The predicted molar refractivity (Wildman–Crippen MR) is 43.5 cm³/mol. The molecule has 0 bridgehead atoms. The topological polar surface area (TPSA) is 55.7 Å². The van der Waals surface area contributed by atoms with Crippen LogP contribution in [0.2, 0.25) is 0 Å². The summed E-state index contributed by atoms with van der Waals surface area (Å²) < 4.78 is 4.74. The van der Waals surface area contributed by atoms with Gasteiger partial charge >= 0.3 is 5.97 Å². The summed E-state index contributed by atoms with van der Waals surface area (Å²) in [5, 5.41) is 0. The molecule has 4 heteroatoms. The minimum Gasteiger partial charge on any atom is -0.464 e. The summed E-state index contributed by atoms with van der Waals surface area (Å²) in [5.74, 6) is -0.476. The zero-order valence-electron chi connectivity index (χ0n) is 7.59. The van der Waals surface area contributed by atoms with Crippen molar-refractivity contribution in [2.24, 2.45) is 4.99 Å². The minimum atomic E-state index is -1.06. The van der Waals surface area contributed by atoms with Gasteiger partial charge in [-0.15, -0.1) is 0 Å². The standard InChI is InChI=1S/C8H13NO3/c1-4-8(3,9-6-10)7(11)12-5-2/h4-5H2,1-3H3. The van der Waals surface area contributed by atoms with E-state index in [1.165, 1.54) is 6.08 Å². The first-order valence-electron chi connectivity index (χ1n) is 3.87. The van der Waals surface area contributed by atoms with Gasteiger partial charge in [-0.1, -0.05) is 6.92 Å². The van der Waals surface area contributed by atoms with Crippen molar-refractivity contribution in [2.75, 3.05) is 6.61 Å². The van der Waals surface area contributed by atoms with Crippen molar-refractivity contribution in [2.45, 2.75) is 32.7 Å². The van der Waals surface area contributed by atoms with E-state index in [9.17, 15) is 9.59 Å². The average Bonchev–Trinajstić information content (AvgIpc) is 2.05. The van der Waals surface area contributed by atoms with E-state index in [0.717, 1.165) is 0 Å². The van der Waals surface area contributed by atoms with Crippen LogP contribution in [0.5, 0.6) is 0 Å². The van der Waals surface area contributed by atoms with Crippen LogP contribution in [0, 0.1) is 0 Å². The summed E-state index contributed by atoms with van der Waals surface area (Å²) in [4.78, 5) is 24.6. The molecule has 12 heavy (non-hydrogen) atoms. The van der Waals surface area contributed by atoms with Crippen molar-refractivity contribution < 1.29 is 14.3 Å². The highest BCUT2D eigenvalue weighted by Crippen LogP contribution is 2.16. The molecule has 4 nitrogen and oxygen atoms in total. The SMILES string of the molecule is CCOC(=O)C(C)(CC)N=C=O. The Morgan fingerprint density at radius 1 is 1.58 bits per heavy atom. The molecule has 1 unspecified atom stereocenters. The number of aliphatic imine (C=N–C) groups is 1. The third kappa shape index (κ3) is 2.47. The first-order valence-corrected chi connectivity index (χ1v) is 3.87. The minimum absolute atomic E-state index is 0.294. The van der Waals surface area contributed by atoms with Crippen molar-refractivity contribution in [1.82, 2.24) is 0 Å². The van der Waals surface area contributed by atoms with Crippen LogP contribution in [0.15, 0.2) is 4.99 Å². The lowest BCUT2D eigenvalue weighted by molar-refractivity contribution is -0.148. The molecular formula is C8H13NO3. The normalized spacial score (nSPS) is 14.2. The molecule has 0 aromatic rings. The smallest absolute Gasteiger partial charge is 0.334 e. The number of hydrogen-bond acceptors (Lipinski definition) is 4. The summed E-state index contributed by atoms with van der Waals surface area (Å²) in [7, 11) is 0. The van der Waals surface area contributed by atoms with Gasteiger partial charge in [0.05, 0.1) is 6.61 Å². The predicted octanol–water partition coefficient (Wildman–Crippen LogP) is 1.05. The van der Waals surface area contributed by atoms with Gasteiger partial charge in [0.1, 0.15) is 0 Å².